The van der Waals surface area contributed by atoms with Crippen molar-refractivity contribution < 1.29 is 4.79 Å². The normalized spacial score (nSPS) is 13.9. The van der Waals surface area contributed by atoms with Gasteiger partial charge in [0.05, 0.1) is 28.1 Å². The molecule has 1 aromatic carbocycles. The second kappa shape index (κ2) is 8.06. The quantitative estimate of drug-likeness (QED) is 0.617. The van der Waals surface area contributed by atoms with Crippen LogP contribution in [0.1, 0.15) is 42.8 Å². The Morgan fingerprint density at radius 1 is 1.24 bits per heavy atom. The topological polar surface area (TPSA) is 57.8 Å². The van der Waals surface area contributed by atoms with Gasteiger partial charge in [-0.15, -0.1) is 23.1 Å². The van der Waals surface area contributed by atoms with E-state index in [1.54, 1.807) is 23.1 Å². The zero-order valence-corrected chi connectivity index (χ0v) is 16.3. The van der Waals surface area contributed by atoms with E-state index < -0.39 is 0 Å². The van der Waals surface area contributed by atoms with Crippen molar-refractivity contribution in [2.45, 2.75) is 32.1 Å². The third-order valence-electron chi connectivity index (χ3n) is 4.09. The molecule has 0 aliphatic heterocycles. The summed E-state index contributed by atoms with van der Waals surface area (Å²) in [5.41, 5.74) is 2.00. The van der Waals surface area contributed by atoms with Crippen molar-refractivity contribution >= 4 is 40.0 Å². The Morgan fingerprint density at radius 2 is 2.04 bits per heavy atom. The predicted octanol–water partition coefficient (Wildman–Crippen LogP) is 4.93. The Balaban J connectivity index is 1.57. The molecule has 0 radical (unpaired) electrons. The van der Waals surface area contributed by atoms with Crippen molar-refractivity contribution in [2.24, 2.45) is 5.92 Å². The third-order valence-corrected chi connectivity index (χ3v) is 6.20. The van der Waals surface area contributed by atoms with Crippen LogP contribution in [0.2, 0.25) is 0 Å². The van der Waals surface area contributed by atoms with Crippen LogP contribution in [0.5, 0.6) is 0 Å². The maximum Gasteiger partial charge on any atom is 0.230 e. The van der Waals surface area contributed by atoms with Crippen molar-refractivity contribution in [3.05, 3.63) is 52.5 Å². The molecule has 3 aromatic rings. The lowest BCUT2D eigenvalue weighted by Crippen LogP contribution is -2.32. The van der Waals surface area contributed by atoms with Crippen LogP contribution >= 0.6 is 23.1 Å². The molecule has 6 heteroatoms. The van der Waals surface area contributed by atoms with E-state index in [2.05, 4.69) is 47.5 Å². The molecule has 3 rings (SSSR count). The Hall–Kier alpha value is -1.79. The number of H-pyrrole nitrogens is 1. The number of hydrogen-bond acceptors (Lipinski definition) is 4. The highest BCUT2D eigenvalue weighted by molar-refractivity contribution is 8.00. The van der Waals surface area contributed by atoms with Crippen molar-refractivity contribution in [3.63, 3.8) is 0 Å². The molecule has 2 heterocycles. The van der Waals surface area contributed by atoms with Gasteiger partial charge in [0.2, 0.25) is 5.91 Å². The molecule has 132 valence electrons. The first-order valence-electron chi connectivity index (χ1n) is 8.43. The summed E-state index contributed by atoms with van der Waals surface area (Å²) in [6, 6.07) is 12.2. The molecule has 0 spiro atoms. The predicted molar refractivity (Wildman–Crippen MR) is 107 cm³/mol. The van der Waals surface area contributed by atoms with Gasteiger partial charge in [0, 0.05) is 4.88 Å². The highest BCUT2D eigenvalue weighted by atomic mass is 32.2. The minimum Gasteiger partial charge on any atom is -0.348 e. The minimum absolute atomic E-state index is 0.0695. The molecular weight excluding hydrogens is 350 g/mol. The average Bonchev–Trinajstić information content (AvgIpc) is 3.26. The molecule has 4 nitrogen and oxygen atoms in total. The number of amides is 1. The van der Waals surface area contributed by atoms with Crippen LogP contribution < -0.4 is 5.32 Å². The van der Waals surface area contributed by atoms with Crippen LogP contribution in [-0.2, 0) is 4.79 Å². The van der Waals surface area contributed by atoms with Crippen molar-refractivity contribution in [1.82, 2.24) is 15.3 Å². The lowest BCUT2D eigenvalue weighted by Gasteiger charge is -2.21. The lowest BCUT2D eigenvalue weighted by molar-refractivity contribution is -0.119. The molecule has 2 aromatic heterocycles. The van der Waals surface area contributed by atoms with E-state index in [1.807, 2.05) is 30.3 Å². The average molecular weight is 374 g/mol. The molecule has 0 fully saturated rings. The van der Waals surface area contributed by atoms with Crippen molar-refractivity contribution in [2.75, 3.05) is 5.75 Å². The smallest absolute Gasteiger partial charge is 0.230 e. The summed E-state index contributed by atoms with van der Waals surface area (Å²) in [6.45, 7) is 6.35. The standard InChI is InChI=1S/C19H23N3OS2/c1-12(2)18(16-9-6-10-24-16)22-17(23)11-25-13(3)19-20-14-7-4-5-8-15(14)21-19/h4-10,12-13,18H,11H2,1-3H3,(H,20,21)(H,22,23). The largest absolute Gasteiger partial charge is 0.348 e. The number of thioether (sulfide) groups is 1. The molecule has 2 unspecified atom stereocenters. The van der Waals surface area contributed by atoms with E-state index in [-0.39, 0.29) is 17.2 Å². The van der Waals surface area contributed by atoms with E-state index >= 15 is 0 Å². The number of para-hydroxylation sites is 2. The van der Waals surface area contributed by atoms with Gasteiger partial charge in [-0.05, 0) is 36.4 Å². The highest BCUT2D eigenvalue weighted by Gasteiger charge is 2.20. The maximum atomic E-state index is 12.4. The maximum absolute atomic E-state index is 12.4. The van der Waals surface area contributed by atoms with Crippen LogP contribution in [0.15, 0.2) is 41.8 Å². The number of rotatable bonds is 7. The molecular formula is C19H23N3OS2. The second-order valence-electron chi connectivity index (χ2n) is 6.40. The Bertz CT molecular complexity index is 793. The Kier molecular flexibility index (Phi) is 5.81. The molecule has 1 amide bonds. The van der Waals surface area contributed by atoms with Gasteiger partial charge in [-0.25, -0.2) is 4.98 Å². The van der Waals surface area contributed by atoms with E-state index in [9.17, 15) is 4.79 Å². The number of hydrogen-bond donors (Lipinski definition) is 2. The van der Waals surface area contributed by atoms with Gasteiger partial charge in [-0.3, -0.25) is 4.79 Å². The summed E-state index contributed by atoms with van der Waals surface area (Å²) < 4.78 is 0. The van der Waals surface area contributed by atoms with Crippen LogP contribution in [0.4, 0.5) is 0 Å². The van der Waals surface area contributed by atoms with Crippen LogP contribution in [0.3, 0.4) is 0 Å². The van der Waals surface area contributed by atoms with Crippen molar-refractivity contribution in [3.8, 4) is 0 Å². The number of fused-ring (bicyclic) bond motifs is 1. The Morgan fingerprint density at radius 3 is 2.72 bits per heavy atom. The number of thiophene rings is 1. The van der Waals surface area contributed by atoms with Crippen LogP contribution in [0, 0.1) is 5.92 Å². The number of carbonyl (C=O) groups excluding carboxylic acids is 1. The van der Waals surface area contributed by atoms with Gasteiger partial charge < -0.3 is 10.3 Å². The SMILES string of the molecule is CC(SCC(=O)NC(c1cccs1)C(C)C)c1nc2ccccc2[nH]1. The van der Waals surface area contributed by atoms with Gasteiger partial charge in [-0.1, -0.05) is 32.0 Å². The third kappa shape index (κ3) is 4.44. The van der Waals surface area contributed by atoms with E-state index in [1.165, 1.54) is 4.88 Å². The number of benzene rings is 1. The van der Waals surface area contributed by atoms with E-state index in [4.69, 9.17) is 0 Å². The fourth-order valence-corrected chi connectivity index (χ4v) is 4.40. The van der Waals surface area contributed by atoms with Crippen molar-refractivity contribution in [1.29, 1.82) is 0 Å². The fraction of sp³-hybridized carbons (Fsp3) is 0.368. The summed E-state index contributed by atoms with van der Waals surface area (Å²) in [5.74, 6) is 1.77. The lowest BCUT2D eigenvalue weighted by atomic mass is 10.0. The molecule has 0 saturated heterocycles. The molecule has 2 atom stereocenters. The first kappa shape index (κ1) is 18.0. The monoisotopic (exact) mass is 373 g/mol. The summed E-state index contributed by atoms with van der Waals surface area (Å²) in [6.07, 6.45) is 0. The summed E-state index contributed by atoms with van der Waals surface area (Å²) in [5, 5.41) is 5.36. The van der Waals surface area contributed by atoms with Crippen LogP contribution in [-0.4, -0.2) is 21.6 Å². The molecule has 2 N–H and O–H groups in total. The molecule has 0 aliphatic carbocycles. The number of carbonyl (C=O) groups is 1. The van der Waals surface area contributed by atoms with Gasteiger partial charge in [0.25, 0.3) is 0 Å². The Labute approximate surface area is 156 Å². The van der Waals surface area contributed by atoms with E-state index in [0.717, 1.165) is 16.9 Å². The fourth-order valence-electron chi connectivity index (χ4n) is 2.69. The molecule has 25 heavy (non-hydrogen) atoms. The zero-order chi connectivity index (χ0) is 17.8. The summed E-state index contributed by atoms with van der Waals surface area (Å²) in [4.78, 5) is 21.6. The van der Waals surface area contributed by atoms with Gasteiger partial charge in [-0.2, -0.15) is 0 Å². The highest BCUT2D eigenvalue weighted by Crippen LogP contribution is 2.29. The first-order chi connectivity index (χ1) is 12.0. The summed E-state index contributed by atoms with van der Waals surface area (Å²) >= 11 is 3.29. The first-order valence-corrected chi connectivity index (χ1v) is 10.4. The summed E-state index contributed by atoms with van der Waals surface area (Å²) in [7, 11) is 0. The van der Waals surface area contributed by atoms with Gasteiger partial charge >= 0.3 is 0 Å². The minimum atomic E-state index is 0.0695. The molecule has 0 bridgehead atoms. The number of aromatic nitrogens is 2. The molecule has 0 aliphatic rings. The number of aromatic amines is 1. The number of nitrogens with zero attached hydrogens (tertiary/aromatic N) is 1. The van der Waals surface area contributed by atoms with Gasteiger partial charge in [0.15, 0.2) is 0 Å². The second-order valence-corrected chi connectivity index (χ2v) is 8.71. The molecule has 0 saturated carbocycles. The number of imidazole rings is 1. The zero-order valence-electron chi connectivity index (χ0n) is 14.7. The van der Waals surface area contributed by atoms with Crippen LogP contribution in [0.25, 0.3) is 11.0 Å². The van der Waals surface area contributed by atoms with Gasteiger partial charge in [0.1, 0.15) is 5.82 Å². The van der Waals surface area contributed by atoms with E-state index in [0.29, 0.717) is 11.7 Å². The number of nitrogens with one attached hydrogen (secondary N) is 2.